The van der Waals surface area contributed by atoms with Gasteiger partial charge >= 0.3 is 0 Å². The number of thioether (sulfide) groups is 2. The van der Waals surface area contributed by atoms with Gasteiger partial charge in [0.15, 0.2) is 0 Å². The van der Waals surface area contributed by atoms with Crippen LogP contribution in [0.1, 0.15) is 16.8 Å². The third-order valence-electron chi connectivity index (χ3n) is 2.18. The number of nitrogens with two attached hydrogens (primary N) is 1. The van der Waals surface area contributed by atoms with Crippen molar-refractivity contribution in [1.82, 2.24) is 5.32 Å². The molecule has 0 aliphatic rings. The minimum Gasteiger partial charge on any atom is -0.370 e. The van der Waals surface area contributed by atoms with Crippen molar-refractivity contribution < 1.29 is 9.59 Å². The van der Waals surface area contributed by atoms with E-state index in [1.165, 1.54) is 23.5 Å². The standard InChI is InChI=1S/C12H15N3O2S2/c1-18-12(14)19-9-5-3-2-4-8(9)11(17)15-7-6-10(13)16/h2-5,14H,6-7H2,1H3,(H2,13,16)(H,15,17). The number of nitrogens with one attached hydrogen (secondary N) is 2. The molecule has 0 aliphatic carbocycles. The number of hydrogen-bond donors (Lipinski definition) is 3. The lowest BCUT2D eigenvalue weighted by Gasteiger charge is -2.09. The molecule has 1 rings (SSSR count). The molecule has 19 heavy (non-hydrogen) atoms. The van der Waals surface area contributed by atoms with E-state index in [9.17, 15) is 9.59 Å². The summed E-state index contributed by atoms with van der Waals surface area (Å²) in [4.78, 5) is 23.3. The summed E-state index contributed by atoms with van der Waals surface area (Å²) in [5, 5.41) is 10.3. The van der Waals surface area contributed by atoms with E-state index in [4.69, 9.17) is 11.1 Å². The van der Waals surface area contributed by atoms with E-state index >= 15 is 0 Å². The lowest BCUT2D eigenvalue weighted by atomic mass is 10.2. The van der Waals surface area contributed by atoms with Gasteiger partial charge in [0.05, 0.1) is 5.56 Å². The topological polar surface area (TPSA) is 96.0 Å². The molecule has 0 bridgehead atoms. The summed E-state index contributed by atoms with van der Waals surface area (Å²) >= 11 is 2.55. The Hall–Kier alpha value is -1.47. The first-order chi connectivity index (χ1) is 9.04. The molecule has 0 aliphatic heterocycles. The van der Waals surface area contributed by atoms with Gasteiger partial charge in [-0.15, -0.1) is 11.8 Å². The van der Waals surface area contributed by atoms with Crippen molar-refractivity contribution in [3.63, 3.8) is 0 Å². The zero-order valence-electron chi connectivity index (χ0n) is 10.4. The molecule has 0 spiro atoms. The number of amides is 2. The highest BCUT2D eigenvalue weighted by molar-refractivity contribution is 8.38. The minimum absolute atomic E-state index is 0.113. The SMILES string of the molecule is CSC(=N)Sc1ccccc1C(=O)NCCC(N)=O. The predicted molar refractivity (Wildman–Crippen MR) is 79.7 cm³/mol. The molecule has 7 heteroatoms. The van der Waals surface area contributed by atoms with Crippen molar-refractivity contribution in [2.75, 3.05) is 12.8 Å². The van der Waals surface area contributed by atoms with Crippen molar-refractivity contribution in [2.24, 2.45) is 5.73 Å². The minimum atomic E-state index is -0.452. The Bertz CT molecular complexity index is 492. The molecular formula is C12H15N3O2S2. The maximum atomic E-state index is 12.0. The fourth-order valence-electron chi connectivity index (χ4n) is 1.28. The number of primary amides is 1. The molecule has 0 heterocycles. The Kier molecular flexibility index (Phi) is 6.44. The van der Waals surface area contributed by atoms with Gasteiger partial charge in [0.25, 0.3) is 5.91 Å². The largest absolute Gasteiger partial charge is 0.370 e. The average molecular weight is 297 g/mol. The van der Waals surface area contributed by atoms with Gasteiger partial charge in [0, 0.05) is 17.9 Å². The number of hydrogen-bond acceptors (Lipinski definition) is 5. The van der Waals surface area contributed by atoms with Crippen LogP contribution in [0.4, 0.5) is 0 Å². The van der Waals surface area contributed by atoms with Crippen LogP contribution in [0.25, 0.3) is 0 Å². The van der Waals surface area contributed by atoms with E-state index in [-0.39, 0.29) is 18.9 Å². The molecule has 0 unspecified atom stereocenters. The van der Waals surface area contributed by atoms with E-state index < -0.39 is 5.91 Å². The van der Waals surface area contributed by atoms with Gasteiger partial charge in [-0.2, -0.15) is 0 Å². The molecule has 0 aromatic heterocycles. The zero-order chi connectivity index (χ0) is 14.3. The Morgan fingerprint density at radius 2 is 2.05 bits per heavy atom. The number of rotatable bonds is 5. The van der Waals surface area contributed by atoms with Crippen molar-refractivity contribution in [1.29, 1.82) is 5.41 Å². The van der Waals surface area contributed by atoms with Crippen LogP contribution < -0.4 is 11.1 Å². The molecule has 0 fully saturated rings. The normalized spacial score (nSPS) is 9.95. The van der Waals surface area contributed by atoms with Crippen LogP contribution in [0.15, 0.2) is 29.2 Å². The molecule has 2 amide bonds. The van der Waals surface area contributed by atoms with Crippen LogP contribution in [0.2, 0.25) is 0 Å². The van der Waals surface area contributed by atoms with Gasteiger partial charge < -0.3 is 11.1 Å². The number of carbonyl (C=O) groups is 2. The fourth-order valence-corrected chi connectivity index (χ4v) is 2.50. The summed E-state index contributed by atoms with van der Waals surface area (Å²) in [5.41, 5.74) is 5.50. The van der Waals surface area contributed by atoms with Gasteiger partial charge in [-0.1, -0.05) is 23.9 Å². The van der Waals surface area contributed by atoms with E-state index in [1.807, 2.05) is 12.3 Å². The van der Waals surface area contributed by atoms with Gasteiger partial charge in [-0.3, -0.25) is 15.0 Å². The summed E-state index contributed by atoms with van der Waals surface area (Å²) in [7, 11) is 0. The van der Waals surface area contributed by atoms with Crippen molar-refractivity contribution in [2.45, 2.75) is 11.3 Å². The smallest absolute Gasteiger partial charge is 0.252 e. The van der Waals surface area contributed by atoms with E-state index in [1.54, 1.807) is 18.2 Å². The van der Waals surface area contributed by atoms with E-state index in [2.05, 4.69) is 5.32 Å². The highest BCUT2D eigenvalue weighted by Gasteiger charge is 2.12. The molecule has 5 nitrogen and oxygen atoms in total. The summed E-state index contributed by atoms with van der Waals surface area (Å²) in [6.07, 6.45) is 1.92. The molecule has 0 saturated carbocycles. The molecule has 1 aromatic carbocycles. The Balaban J connectivity index is 2.73. The molecule has 0 atom stereocenters. The van der Waals surface area contributed by atoms with Crippen LogP contribution >= 0.6 is 23.5 Å². The highest BCUT2D eigenvalue weighted by Crippen LogP contribution is 2.26. The van der Waals surface area contributed by atoms with E-state index in [0.29, 0.717) is 9.94 Å². The van der Waals surface area contributed by atoms with Crippen LogP contribution in [-0.4, -0.2) is 29.0 Å². The van der Waals surface area contributed by atoms with Gasteiger partial charge in [-0.05, 0) is 18.4 Å². The molecule has 4 N–H and O–H groups in total. The number of benzene rings is 1. The maximum absolute atomic E-state index is 12.0. The Labute approximate surface area is 120 Å². The van der Waals surface area contributed by atoms with Gasteiger partial charge in [0.2, 0.25) is 5.91 Å². The first-order valence-electron chi connectivity index (χ1n) is 5.50. The van der Waals surface area contributed by atoms with Crippen molar-refractivity contribution in [3.05, 3.63) is 29.8 Å². The monoisotopic (exact) mass is 297 g/mol. The first-order valence-corrected chi connectivity index (χ1v) is 7.54. The summed E-state index contributed by atoms with van der Waals surface area (Å²) in [6.45, 7) is 0.215. The van der Waals surface area contributed by atoms with Crippen LogP contribution in [0.5, 0.6) is 0 Å². The molecule has 1 aromatic rings. The second-order valence-corrected chi connectivity index (χ2v) is 5.69. The molecule has 102 valence electrons. The van der Waals surface area contributed by atoms with Crippen LogP contribution in [0, 0.1) is 5.41 Å². The first kappa shape index (κ1) is 15.6. The highest BCUT2D eigenvalue weighted by atomic mass is 32.2. The second-order valence-electron chi connectivity index (χ2n) is 3.56. The van der Waals surface area contributed by atoms with Gasteiger partial charge in [-0.25, -0.2) is 0 Å². The quantitative estimate of drug-likeness (QED) is 0.438. The summed E-state index contributed by atoms with van der Waals surface area (Å²) in [6, 6.07) is 7.06. The second kappa shape index (κ2) is 7.85. The molecule has 0 radical (unpaired) electrons. The van der Waals surface area contributed by atoms with Crippen molar-refractivity contribution >= 4 is 39.7 Å². The number of carbonyl (C=O) groups excluding carboxylic acids is 2. The molecule has 0 saturated heterocycles. The third-order valence-corrected chi connectivity index (χ3v) is 4.06. The van der Waals surface area contributed by atoms with Crippen molar-refractivity contribution in [3.8, 4) is 0 Å². The van der Waals surface area contributed by atoms with Gasteiger partial charge in [0.1, 0.15) is 4.38 Å². The van der Waals surface area contributed by atoms with Crippen LogP contribution in [-0.2, 0) is 4.79 Å². The average Bonchev–Trinajstić information content (AvgIpc) is 2.38. The predicted octanol–water partition coefficient (Wildman–Crippen LogP) is 1.68. The zero-order valence-corrected chi connectivity index (χ0v) is 12.1. The summed E-state index contributed by atoms with van der Waals surface area (Å²) in [5.74, 6) is -0.717. The maximum Gasteiger partial charge on any atom is 0.252 e. The summed E-state index contributed by atoms with van der Waals surface area (Å²) < 4.78 is 0.414. The Morgan fingerprint density at radius 1 is 1.37 bits per heavy atom. The fraction of sp³-hybridized carbons (Fsp3) is 0.250. The van der Waals surface area contributed by atoms with Crippen LogP contribution in [0.3, 0.4) is 0 Å². The Morgan fingerprint density at radius 3 is 2.68 bits per heavy atom. The lowest BCUT2D eigenvalue weighted by Crippen LogP contribution is -2.28. The van der Waals surface area contributed by atoms with E-state index in [0.717, 1.165) is 4.90 Å². The molecular weight excluding hydrogens is 282 g/mol. The third kappa shape index (κ3) is 5.35. The lowest BCUT2D eigenvalue weighted by molar-refractivity contribution is -0.117.